The van der Waals surface area contributed by atoms with Gasteiger partial charge >= 0.3 is 0 Å². The minimum Gasteiger partial charge on any atom is -0.312 e. The molecule has 1 aliphatic rings. The van der Waals surface area contributed by atoms with Gasteiger partial charge in [-0.1, -0.05) is 0 Å². The van der Waals surface area contributed by atoms with Crippen LogP contribution in [0, 0.1) is 6.92 Å². The molecule has 0 atom stereocenters. The van der Waals surface area contributed by atoms with Crippen LogP contribution in [0.25, 0.3) is 0 Å². The van der Waals surface area contributed by atoms with Crippen molar-refractivity contribution >= 4 is 11.3 Å². The van der Waals surface area contributed by atoms with Crippen molar-refractivity contribution in [2.24, 2.45) is 0 Å². The Morgan fingerprint density at radius 3 is 3.18 bits per heavy atom. The van der Waals surface area contributed by atoms with Gasteiger partial charge in [0.2, 0.25) is 0 Å². The van der Waals surface area contributed by atoms with Crippen LogP contribution in [0.3, 0.4) is 0 Å². The van der Waals surface area contributed by atoms with Crippen molar-refractivity contribution < 1.29 is 0 Å². The molecule has 17 heavy (non-hydrogen) atoms. The summed E-state index contributed by atoms with van der Waals surface area (Å²) in [5.74, 6) is 0.885. The van der Waals surface area contributed by atoms with Gasteiger partial charge in [-0.25, -0.2) is 15.0 Å². The first-order valence-electron chi connectivity index (χ1n) is 5.76. The highest BCUT2D eigenvalue weighted by Crippen LogP contribution is 2.14. The first-order chi connectivity index (χ1) is 8.31. The number of fused-ring (bicyclic) bond motifs is 1. The third-order valence-electron chi connectivity index (χ3n) is 2.86. The molecule has 88 valence electrons. The van der Waals surface area contributed by atoms with Gasteiger partial charge in [-0.3, -0.25) is 0 Å². The zero-order chi connectivity index (χ0) is 11.7. The van der Waals surface area contributed by atoms with Crippen LogP contribution >= 0.6 is 11.3 Å². The molecule has 0 spiro atoms. The first kappa shape index (κ1) is 10.8. The van der Waals surface area contributed by atoms with Crippen LogP contribution < -0.4 is 5.32 Å². The number of rotatable bonds is 2. The fourth-order valence-electron chi connectivity index (χ4n) is 2.01. The third-order valence-corrected chi connectivity index (χ3v) is 3.69. The van der Waals surface area contributed by atoms with E-state index in [1.807, 2.05) is 13.1 Å². The molecule has 2 aromatic heterocycles. The monoisotopic (exact) mass is 246 g/mol. The van der Waals surface area contributed by atoms with E-state index in [-0.39, 0.29) is 0 Å². The Labute approximate surface area is 104 Å². The molecule has 0 aliphatic carbocycles. The number of aryl methyl sites for hydroxylation is 1. The van der Waals surface area contributed by atoms with E-state index < -0.39 is 0 Å². The Morgan fingerprint density at radius 1 is 1.41 bits per heavy atom. The smallest absolute Gasteiger partial charge is 0.134 e. The fraction of sp³-hybridized carbons (Fsp3) is 0.417. The normalized spacial score (nSPS) is 14.6. The topological polar surface area (TPSA) is 50.7 Å². The predicted molar refractivity (Wildman–Crippen MR) is 67.1 cm³/mol. The van der Waals surface area contributed by atoms with Crippen LogP contribution in [-0.4, -0.2) is 21.5 Å². The Hall–Kier alpha value is -1.33. The van der Waals surface area contributed by atoms with Gasteiger partial charge in [0.15, 0.2) is 0 Å². The lowest BCUT2D eigenvalue weighted by molar-refractivity contribution is 0.621. The quantitative estimate of drug-likeness (QED) is 0.872. The molecule has 0 unspecified atom stereocenters. The van der Waals surface area contributed by atoms with Gasteiger partial charge in [-0.15, -0.1) is 11.3 Å². The summed E-state index contributed by atoms with van der Waals surface area (Å²) in [5.41, 5.74) is 3.50. The summed E-state index contributed by atoms with van der Waals surface area (Å²) in [5, 5.41) is 6.51. The highest BCUT2D eigenvalue weighted by Gasteiger charge is 2.12. The van der Waals surface area contributed by atoms with Gasteiger partial charge in [0, 0.05) is 42.3 Å². The average Bonchev–Trinajstić information content (AvgIpc) is 2.75. The van der Waals surface area contributed by atoms with Gasteiger partial charge < -0.3 is 5.32 Å². The van der Waals surface area contributed by atoms with Crippen LogP contribution in [0.2, 0.25) is 0 Å². The van der Waals surface area contributed by atoms with E-state index in [0.717, 1.165) is 42.5 Å². The largest absolute Gasteiger partial charge is 0.312 e. The second-order valence-electron chi connectivity index (χ2n) is 4.22. The van der Waals surface area contributed by atoms with Crippen molar-refractivity contribution in [3.63, 3.8) is 0 Å². The number of nitrogens with one attached hydrogen (secondary N) is 1. The van der Waals surface area contributed by atoms with Crippen molar-refractivity contribution in [2.75, 3.05) is 6.54 Å². The number of aromatic nitrogens is 3. The van der Waals surface area contributed by atoms with Crippen LogP contribution in [-0.2, 0) is 19.4 Å². The zero-order valence-corrected chi connectivity index (χ0v) is 10.5. The van der Waals surface area contributed by atoms with Crippen molar-refractivity contribution in [1.29, 1.82) is 0 Å². The highest BCUT2D eigenvalue weighted by atomic mass is 32.1. The maximum Gasteiger partial charge on any atom is 0.134 e. The SMILES string of the molecule is Cc1nc(Cc2ncc3c(n2)CCNC3)cs1. The summed E-state index contributed by atoms with van der Waals surface area (Å²) in [7, 11) is 0. The molecule has 3 rings (SSSR count). The molecule has 5 heteroatoms. The van der Waals surface area contributed by atoms with E-state index >= 15 is 0 Å². The molecule has 0 bridgehead atoms. The molecule has 1 aliphatic heterocycles. The van der Waals surface area contributed by atoms with Gasteiger partial charge in [0.25, 0.3) is 0 Å². The lowest BCUT2D eigenvalue weighted by Gasteiger charge is -2.15. The molecule has 0 amide bonds. The zero-order valence-electron chi connectivity index (χ0n) is 9.73. The molecule has 1 N–H and O–H groups in total. The highest BCUT2D eigenvalue weighted by molar-refractivity contribution is 7.09. The maximum absolute atomic E-state index is 4.63. The second kappa shape index (κ2) is 4.50. The Kier molecular flexibility index (Phi) is 2.86. The van der Waals surface area contributed by atoms with Crippen LogP contribution in [0.15, 0.2) is 11.6 Å². The molecule has 0 radical (unpaired) electrons. The maximum atomic E-state index is 4.63. The van der Waals surface area contributed by atoms with Crippen molar-refractivity contribution in [3.8, 4) is 0 Å². The summed E-state index contributed by atoms with van der Waals surface area (Å²) in [6.45, 7) is 3.93. The lowest BCUT2D eigenvalue weighted by atomic mass is 10.1. The van der Waals surface area contributed by atoms with Crippen LogP contribution in [0.5, 0.6) is 0 Å². The van der Waals surface area contributed by atoms with E-state index in [9.17, 15) is 0 Å². The van der Waals surface area contributed by atoms with Crippen LogP contribution in [0.1, 0.15) is 27.8 Å². The number of thiazole rings is 1. The second-order valence-corrected chi connectivity index (χ2v) is 5.28. The Bertz CT molecular complexity index is 535. The molecule has 0 saturated carbocycles. The number of hydrogen-bond acceptors (Lipinski definition) is 5. The molecular formula is C12H14N4S. The molecule has 0 aromatic carbocycles. The molecule has 0 fully saturated rings. The average molecular weight is 246 g/mol. The molecule has 2 aromatic rings. The number of nitrogens with zero attached hydrogens (tertiary/aromatic N) is 3. The van der Waals surface area contributed by atoms with E-state index in [1.165, 1.54) is 11.3 Å². The summed E-state index contributed by atoms with van der Waals surface area (Å²) < 4.78 is 0. The molecule has 3 heterocycles. The molecular weight excluding hydrogens is 232 g/mol. The van der Waals surface area contributed by atoms with E-state index in [2.05, 4.69) is 25.6 Å². The summed E-state index contributed by atoms with van der Waals surface area (Å²) >= 11 is 1.68. The van der Waals surface area contributed by atoms with E-state index in [4.69, 9.17) is 0 Å². The third kappa shape index (κ3) is 2.35. The summed E-state index contributed by atoms with van der Waals surface area (Å²) in [6.07, 6.45) is 3.69. The van der Waals surface area contributed by atoms with Crippen molar-refractivity contribution in [2.45, 2.75) is 26.3 Å². The molecule has 0 saturated heterocycles. The first-order valence-corrected chi connectivity index (χ1v) is 6.64. The van der Waals surface area contributed by atoms with Crippen molar-refractivity contribution in [3.05, 3.63) is 39.4 Å². The minimum absolute atomic E-state index is 0.741. The minimum atomic E-state index is 0.741. The van der Waals surface area contributed by atoms with E-state index in [1.54, 1.807) is 11.3 Å². The fourth-order valence-corrected chi connectivity index (χ4v) is 2.63. The standard InChI is InChI=1S/C12H14N4S/c1-8-15-10(7-17-8)4-12-14-6-9-5-13-3-2-11(9)16-12/h6-7,13H,2-5H2,1H3. The number of hydrogen-bond donors (Lipinski definition) is 1. The predicted octanol–water partition coefficient (Wildman–Crippen LogP) is 1.48. The van der Waals surface area contributed by atoms with Gasteiger partial charge in [0.1, 0.15) is 5.82 Å². The van der Waals surface area contributed by atoms with Gasteiger partial charge in [-0.05, 0) is 6.92 Å². The van der Waals surface area contributed by atoms with Crippen molar-refractivity contribution in [1.82, 2.24) is 20.3 Å². The summed E-state index contributed by atoms with van der Waals surface area (Å²) in [6, 6.07) is 0. The Balaban J connectivity index is 1.84. The lowest BCUT2D eigenvalue weighted by Crippen LogP contribution is -2.25. The van der Waals surface area contributed by atoms with Crippen LogP contribution in [0.4, 0.5) is 0 Å². The van der Waals surface area contributed by atoms with Gasteiger partial charge in [0.05, 0.1) is 17.1 Å². The Morgan fingerprint density at radius 2 is 2.35 bits per heavy atom. The molecule has 4 nitrogen and oxygen atoms in total. The summed E-state index contributed by atoms with van der Waals surface area (Å²) in [4.78, 5) is 13.5. The van der Waals surface area contributed by atoms with Gasteiger partial charge in [-0.2, -0.15) is 0 Å². The van der Waals surface area contributed by atoms with E-state index in [0.29, 0.717) is 0 Å².